The smallest absolute Gasteiger partial charge is 0.228 e. The van der Waals surface area contributed by atoms with E-state index in [0.717, 1.165) is 33.2 Å². The molecule has 0 aliphatic carbocycles. The summed E-state index contributed by atoms with van der Waals surface area (Å²) in [4.78, 5) is 9.50. The van der Waals surface area contributed by atoms with E-state index in [9.17, 15) is 0 Å². The topological polar surface area (TPSA) is 61.5 Å². The molecule has 6 aromatic rings. The third-order valence-electron chi connectivity index (χ3n) is 6.45. The number of benzene rings is 4. The highest BCUT2D eigenvalue weighted by Gasteiger charge is 2.34. The van der Waals surface area contributed by atoms with Crippen LogP contribution in [0.1, 0.15) is 28.4 Å². The van der Waals surface area contributed by atoms with E-state index in [1.807, 2.05) is 42.5 Å². The fourth-order valence-electron chi connectivity index (χ4n) is 4.82. The first-order valence-corrected chi connectivity index (χ1v) is 12.0. The Hall–Kier alpha value is -4.42. The highest BCUT2D eigenvalue weighted by atomic mass is 35.5. The molecule has 1 aliphatic rings. The van der Waals surface area contributed by atoms with Crippen LogP contribution in [-0.4, -0.2) is 19.6 Å². The van der Waals surface area contributed by atoms with Crippen molar-refractivity contribution in [2.24, 2.45) is 0 Å². The number of nitrogens with zero attached hydrogens (tertiary/aromatic N) is 4. The van der Waals surface area contributed by atoms with E-state index >= 15 is 0 Å². The number of hydrogen-bond acceptors (Lipinski definition) is 5. The number of aromatic nitrogens is 4. The van der Waals surface area contributed by atoms with Crippen LogP contribution < -0.4 is 9.47 Å². The minimum Gasteiger partial charge on any atom is -0.486 e. The third-order valence-corrected chi connectivity index (χ3v) is 6.71. The summed E-state index contributed by atoms with van der Waals surface area (Å²) < 4.78 is 14.1. The van der Waals surface area contributed by atoms with Crippen molar-refractivity contribution >= 4 is 28.0 Å². The molecule has 0 amide bonds. The molecular formula is C29H19ClN4O2. The van der Waals surface area contributed by atoms with Crippen molar-refractivity contribution in [3.8, 4) is 17.4 Å². The zero-order chi connectivity index (χ0) is 24.1. The van der Waals surface area contributed by atoms with Gasteiger partial charge < -0.3 is 9.47 Å². The predicted molar refractivity (Wildman–Crippen MR) is 138 cm³/mol. The van der Waals surface area contributed by atoms with Crippen LogP contribution in [0.2, 0.25) is 5.02 Å². The highest BCUT2D eigenvalue weighted by Crippen LogP contribution is 2.50. The molecule has 1 aliphatic heterocycles. The average Bonchev–Trinajstić information content (AvgIpc) is 3.35. The largest absolute Gasteiger partial charge is 0.486 e. The van der Waals surface area contributed by atoms with Gasteiger partial charge in [0.15, 0.2) is 11.5 Å². The number of halogens is 1. The Balaban J connectivity index is 1.37. The lowest BCUT2D eigenvalue weighted by molar-refractivity contribution is 0.296. The van der Waals surface area contributed by atoms with Gasteiger partial charge in [0.2, 0.25) is 5.88 Å². The highest BCUT2D eigenvalue weighted by molar-refractivity contribution is 6.30. The molecule has 6 nitrogen and oxygen atoms in total. The Morgan fingerprint density at radius 2 is 1.69 bits per heavy atom. The van der Waals surface area contributed by atoms with Crippen molar-refractivity contribution in [1.82, 2.24) is 19.6 Å². The average molecular weight is 491 g/mol. The summed E-state index contributed by atoms with van der Waals surface area (Å²) >= 11 is 5.98. The van der Waals surface area contributed by atoms with Gasteiger partial charge in [-0.1, -0.05) is 78.3 Å². The second-order valence-corrected chi connectivity index (χ2v) is 9.09. The first-order chi connectivity index (χ1) is 17.7. The summed E-state index contributed by atoms with van der Waals surface area (Å²) in [6, 6.07) is 30.1. The maximum Gasteiger partial charge on any atom is 0.228 e. The van der Waals surface area contributed by atoms with Gasteiger partial charge in [-0.3, -0.25) is 0 Å². The van der Waals surface area contributed by atoms with E-state index in [1.165, 1.54) is 0 Å². The van der Waals surface area contributed by atoms with E-state index < -0.39 is 0 Å². The summed E-state index contributed by atoms with van der Waals surface area (Å²) in [7, 11) is 0. The lowest BCUT2D eigenvalue weighted by atomic mass is 9.83. The van der Waals surface area contributed by atoms with Gasteiger partial charge in [-0.15, -0.1) is 5.10 Å². The van der Waals surface area contributed by atoms with Crippen molar-refractivity contribution < 1.29 is 9.47 Å². The van der Waals surface area contributed by atoms with Crippen LogP contribution in [0.5, 0.6) is 17.4 Å². The van der Waals surface area contributed by atoms with E-state index in [-0.39, 0.29) is 12.5 Å². The van der Waals surface area contributed by atoms with Crippen LogP contribution in [0.3, 0.4) is 0 Å². The second kappa shape index (κ2) is 8.36. The summed E-state index contributed by atoms with van der Waals surface area (Å²) in [6.45, 7) is 0.218. The molecule has 174 valence electrons. The van der Waals surface area contributed by atoms with Gasteiger partial charge in [0.1, 0.15) is 24.4 Å². The van der Waals surface area contributed by atoms with Crippen molar-refractivity contribution in [1.29, 1.82) is 0 Å². The number of hydrogen-bond donors (Lipinski definition) is 0. The van der Waals surface area contributed by atoms with E-state index in [4.69, 9.17) is 26.1 Å². The Kier molecular flexibility index (Phi) is 4.85. The molecule has 0 N–H and O–H groups in total. The molecule has 36 heavy (non-hydrogen) atoms. The number of rotatable bonds is 4. The maximum absolute atomic E-state index is 6.46. The fraction of sp³-hybridized carbons (Fsp3) is 0.0690. The zero-order valence-electron chi connectivity index (χ0n) is 19.0. The second-order valence-electron chi connectivity index (χ2n) is 8.65. The standard InChI is InChI=1S/C29H19ClN4O2/c30-20-11-13-21(14-12-20)35-16-24-32-28-26-25(19-7-2-1-3-8-19)23-15-10-18-6-4-5-9-22(18)27(23)36-29(26)31-17-34(28)33-24/h1-15,17,25H,16H2. The minimum atomic E-state index is -0.111. The number of fused-ring (bicyclic) bond motifs is 6. The lowest BCUT2D eigenvalue weighted by Gasteiger charge is -2.28. The zero-order valence-corrected chi connectivity index (χ0v) is 19.8. The SMILES string of the molecule is Clc1ccc(OCc2nc3c4c(ncn3n2)Oc2c(ccc3ccccc23)C4c2ccccc2)cc1. The molecule has 0 saturated heterocycles. The molecule has 4 aromatic carbocycles. The van der Waals surface area contributed by atoms with Crippen molar-refractivity contribution in [2.75, 3.05) is 0 Å². The van der Waals surface area contributed by atoms with Gasteiger partial charge in [-0.25, -0.2) is 14.5 Å². The van der Waals surface area contributed by atoms with Gasteiger partial charge in [0, 0.05) is 21.9 Å². The monoisotopic (exact) mass is 490 g/mol. The van der Waals surface area contributed by atoms with Crippen LogP contribution in [-0.2, 0) is 6.61 Å². The molecule has 0 bridgehead atoms. The molecule has 3 heterocycles. The Bertz CT molecular complexity index is 1730. The van der Waals surface area contributed by atoms with E-state index in [2.05, 4.69) is 46.5 Å². The first kappa shape index (κ1) is 20.9. The van der Waals surface area contributed by atoms with Crippen LogP contribution in [0, 0.1) is 0 Å². The van der Waals surface area contributed by atoms with Crippen LogP contribution in [0.25, 0.3) is 16.4 Å². The lowest BCUT2D eigenvalue weighted by Crippen LogP contribution is -2.15. The van der Waals surface area contributed by atoms with Crippen LogP contribution in [0.15, 0.2) is 97.3 Å². The Morgan fingerprint density at radius 1 is 0.889 bits per heavy atom. The first-order valence-electron chi connectivity index (χ1n) is 11.6. The normalized spacial score (nSPS) is 14.3. The Labute approximate surface area is 211 Å². The van der Waals surface area contributed by atoms with Gasteiger partial charge in [0.25, 0.3) is 0 Å². The summed E-state index contributed by atoms with van der Waals surface area (Å²) in [5, 5.41) is 7.46. The third kappa shape index (κ3) is 3.46. The molecule has 0 radical (unpaired) electrons. The van der Waals surface area contributed by atoms with Gasteiger partial charge >= 0.3 is 0 Å². The summed E-state index contributed by atoms with van der Waals surface area (Å²) in [5.41, 5.74) is 3.79. The molecule has 0 saturated carbocycles. The van der Waals surface area contributed by atoms with Crippen molar-refractivity contribution in [3.05, 3.63) is 125 Å². The molecule has 7 heteroatoms. The number of ether oxygens (including phenoxy) is 2. The minimum absolute atomic E-state index is 0.111. The quantitative estimate of drug-likeness (QED) is 0.271. The molecule has 1 atom stereocenters. The predicted octanol–water partition coefficient (Wildman–Crippen LogP) is 6.80. The summed E-state index contributed by atoms with van der Waals surface area (Å²) in [5.74, 6) is 2.51. The molecular weight excluding hydrogens is 472 g/mol. The molecule has 0 fully saturated rings. The molecule has 7 rings (SSSR count). The van der Waals surface area contributed by atoms with Crippen LogP contribution in [0.4, 0.5) is 0 Å². The van der Waals surface area contributed by atoms with Crippen molar-refractivity contribution in [2.45, 2.75) is 12.5 Å². The van der Waals surface area contributed by atoms with Gasteiger partial charge in [-0.2, -0.15) is 0 Å². The van der Waals surface area contributed by atoms with Gasteiger partial charge in [-0.05, 0) is 35.2 Å². The van der Waals surface area contributed by atoms with Crippen molar-refractivity contribution in [3.63, 3.8) is 0 Å². The van der Waals surface area contributed by atoms with E-state index in [0.29, 0.717) is 28.1 Å². The molecule has 2 aromatic heterocycles. The molecule has 1 unspecified atom stereocenters. The summed E-state index contributed by atoms with van der Waals surface area (Å²) in [6.07, 6.45) is 1.64. The maximum atomic E-state index is 6.46. The fourth-order valence-corrected chi connectivity index (χ4v) is 4.95. The van der Waals surface area contributed by atoms with Gasteiger partial charge in [0.05, 0.1) is 5.56 Å². The molecule has 0 spiro atoms. The Morgan fingerprint density at radius 3 is 2.56 bits per heavy atom. The van der Waals surface area contributed by atoms with Crippen LogP contribution >= 0.6 is 11.6 Å². The van der Waals surface area contributed by atoms with E-state index in [1.54, 1.807) is 23.0 Å².